The van der Waals surface area contributed by atoms with E-state index in [1.54, 1.807) is 0 Å². The predicted molar refractivity (Wildman–Crippen MR) is 102 cm³/mol. The predicted octanol–water partition coefficient (Wildman–Crippen LogP) is 1.78. The minimum Gasteiger partial charge on any atom is -0.480 e. The van der Waals surface area contributed by atoms with Crippen molar-refractivity contribution in [1.82, 2.24) is 10.2 Å². The van der Waals surface area contributed by atoms with E-state index in [0.717, 1.165) is 24.9 Å². The summed E-state index contributed by atoms with van der Waals surface area (Å²) in [7, 11) is 0. The van der Waals surface area contributed by atoms with Crippen molar-refractivity contribution in [2.45, 2.75) is 63.6 Å². The molecule has 0 aliphatic carbocycles. The van der Waals surface area contributed by atoms with Crippen molar-refractivity contribution in [3.63, 3.8) is 0 Å². The van der Waals surface area contributed by atoms with E-state index >= 15 is 0 Å². The van der Waals surface area contributed by atoms with E-state index in [4.69, 9.17) is 5.73 Å². The normalized spacial score (nSPS) is 19.3. The van der Waals surface area contributed by atoms with Crippen LogP contribution in [0.4, 0.5) is 0 Å². The summed E-state index contributed by atoms with van der Waals surface area (Å²) in [6.45, 7) is 3.29. The van der Waals surface area contributed by atoms with Gasteiger partial charge in [0.05, 0.1) is 6.04 Å². The lowest BCUT2D eigenvalue weighted by atomic mass is 10.0. The summed E-state index contributed by atoms with van der Waals surface area (Å²) in [5.41, 5.74) is 6.71. The van der Waals surface area contributed by atoms with E-state index in [2.05, 4.69) is 12.2 Å². The number of nitrogens with two attached hydrogens (primary N) is 1. The Morgan fingerprint density at radius 2 is 2.00 bits per heavy atom. The van der Waals surface area contributed by atoms with Crippen LogP contribution in [-0.4, -0.2) is 53.1 Å². The van der Waals surface area contributed by atoms with Gasteiger partial charge in [-0.05, 0) is 57.6 Å². The summed E-state index contributed by atoms with van der Waals surface area (Å²) < 4.78 is 0. The number of benzene rings is 1. The number of carboxylic acid groups (broad SMARTS) is 1. The second kappa shape index (κ2) is 10.3. The third kappa shape index (κ3) is 5.81. The Morgan fingerprint density at radius 3 is 2.58 bits per heavy atom. The monoisotopic (exact) mass is 361 g/mol. The van der Waals surface area contributed by atoms with Crippen molar-refractivity contribution in [3.05, 3.63) is 35.9 Å². The number of hydrogen-bond donors (Lipinski definition) is 3. The van der Waals surface area contributed by atoms with Crippen LogP contribution in [0.2, 0.25) is 0 Å². The number of carbonyl (C=O) groups is 2. The van der Waals surface area contributed by atoms with E-state index < -0.39 is 18.1 Å². The van der Waals surface area contributed by atoms with Gasteiger partial charge in [0, 0.05) is 12.6 Å². The van der Waals surface area contributed by atoms with Gasteiger partial charge in [-0.15, -0.1) is 0 Å². The molecule has 1 aliphatic heterocycles. The lowest BCUT2D eigenvalue weighted by molar-refractivity contribution is -0.141. The van der Waals surface area contributed by atoms with Crippen molar-refractivity contribution in [2.24, 2.45) is 5.73 Å². The highest BCUT2D eigenvalue weighted by Crippen LogP contribution is 2.19. The zero-order chi connectivity index (χ0) is 18.9. The number of carbonyl (C=O) groups excluding carboxylic acids is 1. The van der Waals surface area contributed by atoms with Crippen molar-refractivity contribution in [2.75, 3.05) is 13.1 Å². The van der Waals surface area contributed by atoms with Crippen LogP contribution in [-0.2, 0) is 16.0 Å². The zero-order valence-electron chi connectivity index (χ0n) is 15.6. The van der Waals surface area contributed by atoms with Gasteiger partial charge < -0.3 is 15.7 Å². The summed E-state index contributed by atoms with van der Waals surface area (Å²) >= 11 is 0. The van der Waals surface area contributed by atoms with E-state index in [0.29, 0.717) is 32.2 Å². The lowest BCUT2D eigenvalue weighted by Crippen LogP contribution is -2.53. The summed E-state index contributed by atoms with van der Waals surface area (Å²) in [6.07, 6.45) is 4.37. The van der Waals surface area contributed by atoms with Crippen LogP contribution in [0.15, 0.2) is 30.3 Å². The fraction of sp³-hybridized carbons (Fsp3) is 0.600. The van der Waals surface area contributed by atoms with Crippen LogP contribution in [0.25, 0.3) is 0 Å². The van der Waals surface area contributed by atoms with Gasteiger partial charge >= 0.3 is 5.97 Å². The average molecular weight is 361 g/mol. The molecule has 26 heavy (non-hydrogen) atoms. The zero-order valence-corrected chi connectivity index (χ0v) is 15.6. The number of nitrogens with one attached hydrogen (secondary N) is 1. The van der Waals surface area contributed by atoms with E-state index in [9.17, 15) is 14.7 Å². The first-order valence-electron chi connectivity index (χ1n) is 9.56. The van der Waals surface area contributed by atoms with Crippen LogP contribution < -0.4 is 11.1 Å². The number of aliphatic carboxylic acids is 1. The Kier molecular flexibility index (Phi) is 8.06. The summed E-state index contributed by atoms with van der Waals surface area (Å²) in [6, 6.07) is 8.79. The molecule has 144 valence electrons. The Labute approximate surface area is 155 Å². The second-order valence-electron chi connectivity index (χ2n) is 7.09. The maximum atomic E-state index is 12.9. The number of likely N-dealkylation sites (tertiary alicyclic amines) is 1. The van der Waals surface area contributed by atoms with Gasteiger partial charge in [-0.3, -0.25) is 14.9 Å². The number of rotatable bonds is 10. The van der Waals surface area contributed by atoms with E-state index in [1.165, 1.54) is 0 Å². The van der Waals surface area contributed by atoms with E-state index in [1.807, 2.05) is 35.2 Å². The molecule has 2 rings (SSSR count). The minimum absolute atomic E-state index is 0.00871. The SMILES string of the molecule is C[C@@H]1CCCN1C(=O)[C@H](CCCN)N[C@@H](CCc1ccccc1)C(=O)O. The fourth-order valence-electron chi connectivity index (χ4n) is 3.54. The molecule has 1 aromatic carbocycles. The molecule has 0 spiro atoms. The molecule has 0 unspecified atom stereocenters. The number of carboxylic acids is 1. The maximum absolute atomic E-state index is 12.9. The smallest absolute Gasteiger partial charge is 0.320 e. The molecule has 1 saturated heterocycles. The van der Waals surface area contributed by atoms with Crippen LogP contribution in [0.3, 0.4) is 0 Å². The van der Waals surface area contributed by atoms with Crippen molar-refractivity contribution in [3.8, 4) is 0 Å². The Bertz CT molecular complexity index is 579. The largest absolute Gasteiger partial charge is 0.480 e. The van der Waals surface area contributed by atoms with Gasteiger partial charge in [0.2, 0.25) is 5.91 Å². The molecule has 6 nitrogen and oxygen atoms in total. The number of aryl methyl sites for hydroxylation is 1. The number of hydrogen-bond acceptors (Lipinski definition) is 4. The van der Waals surface area contributed by atoms with Crippen molar-refractivity contribution in [1.29, 1.82) is 0 Å². The molecular weight excluding hydrogens is 330 g/mol. The van der Waals surface area contributed by atoms with Gasteiger partial charge in [0.25, 0.3) is 0 Å². The van der Waals surface area contributed by atoms with Crippen LogP contribution >= 0.6 is 0 Å². The molecule has 3 atom stereocenters. The Morgan fingerprint density at radius 1 is 1.27 bits per heavy atom. The van der Waals surface area contributed by atoms with Gasteiger partial charge in [-0.25, -0.2) is 0 Å². The first-order valence-corrected chi connectivity index (χ1v) is 9.56. The quantitative estimate of drug-likeness (QED) is 0.590. The molecule has 1 heterocycles. The fourth-order valence-corrected chi connectivity index (χ4v) is 3.54. The van der Waals surface area contributed by atoms with Gasteiger partial charge in [-0.2, -0.15) is 0 Å². The molecular formula is C20H31N3O3. The molecule has 1 aliphatic rings. The summed E-state index contributed by atoms with van der Waals surface area (Å²) in [5.74, 6) is -0.907. The second-order valence-corrected chi connectivity index (χ2v) is 7.09. The van der Waals surface area contributed by atoms with Crippen LogP contribution in [0.5, 0.6) is 0 Å². The molecule has 4 N–H and O–H groups in total. The van der Waals surface area contributed by atoms with Gasteiger partial charge in [0.1, 0.15) is 6.04 Å². The topological polar surface area (TPSA) is 95.7 Å². The Balaban J connectivity index is 2.02. The first kappa shape index (κ1) is 20.4. The maximum Gasteiger partial charge on any atom is 0.320 e. The van der Waals surface area contributed by atoms with E-state index in [-0.39, 0.29) is 11.9 Å². The first-order chi connectivity index (χ1) is 12.5. The third-order valence-corrected chi connectivity index (χ3v) is 5.10. The summed E-state index contributed by atoms with van der Waals surface area (Å²) in [5, 5.41) is 12.7. The molecule has 1 amide bonds. The highest BCUT2D eigenvalue weighted by atomic mass is 16.4. The van der Waals surface area contributed by atoms with Crippen molar-refractivity contribution >= 4 is 11.9 Å². The highest BCUT2D eigenvalue weighted by molar-refractivity contribution is 5.83. The molecule has 0 radical (unpaired) electrons. The number of nitrogens with zero attached hydrogens (tertiary/aromatic N) is 1. The third-order valence-electron chi connectivity index (χ3n) is 5.10. The number of amides is 1. The molecule has 6 heteroatoms. The van der Waals surface area contributed by atoms with Crippen molar-refractivity contribution < 1.29 is 14.7 Å². The Hall–Kier alpha value is -1.92. The molecule has 1 fully saturated rings. The van der Waals surface area contributed by atoms with Gasteiger partial charge in [0.15, 0.2) is 0 Å². The van der Waals surface area contributed by atoms with Crippen LogP contribution in [0.1, 0.15) is 44.6 Å². The molecule has 0 bridgehead atoms. The lowest BCUT2D eigenvalue weighted by Gasteiger charge is -2.29. The molecule has 1 aromatic rings. The standard InChI is InChI=1S/C20H31N3O3/c1-15-7-6-14-23(15)19(24)17(10-5-13-21)22-18(20(25)26)12-11-16-8-3-2-4-9-16/h2-4,8-9,15,17-18,22H,5-7,10-14,21H2,1H3,(H,25,26)/t15-,17+,18+/m1/s1. The molecule has 0 aromatic heterocycles. The van der Waals surface area contributed by atoms with Crippen LogP contribution in [0, 0.1) is 0 Å². The minimum atomic E-state index is -0.916. The molecule has 0 saturated carbocycles. The van der Waals surface area contributed by atoms with Gasteiger partial charge in [-0.1, -0.05) is 30.3 Å². The summed E-state index contributed by atoms with van der Waals surface area (Å²) in [4.78, 5) is 26.5. The average Bonchev–Trinajstić information content (AvgIpc) is 3.07. The highest BCUT2D eigenvalue weighted by Gasteiger charge is 2.32.